The number of hydrogen-bond acceptors (Lipinski definition) is 10. The molecule has 0 amide bonds. The van der Waals surface area contributed by atoms with Crippen LogP contribution in [0.15, 0.2) is 41.8 Å². The van der Waals surface area contributed by atoms with Gasteiger partial charge in [-0.25, -0.2) is 4.79 Å². The zero-order valence-electron chi connectivity index (χ0n) is 18.5. The van der Waals surface area contributed by atoms with Crippen molar-refractivity contribution in [2.75, 3.05) is 24.9 Å². The number of hydrogen-bond donors (Lipinski definition) is 2. The van der Waals surface area contributed by atoms with Gasteiger partial charge in [-0.3, -0.25) is 0 Å². The summed E-state index contributed by atoms with van der Waals surface area (Å²) in [5.74, 6) is 1.67. The first-order chi connectivity index (χ1) is 15.5. The summed E-state index contributed by atoms with van der Waals surface area (Å²) in [5.41, 5.74) is 0. The van der Waals surface area contributed by atoms with E-state index in [1.807, 2.05) is 31.4 Å². The lowest BCUT2D eigenvalue weighted by Crippen LogP contribution is -2.33. The summed E-state index contributed by atoms with van der Waals surface area (Å²) in [6.07, 6.45) is 0.560. The number of nitrogens with one attached hydrogen (secondary N) is 2. The number of thiophene rings is 1. The number of carbonyl (C=O) groups excluding carboxylic acids is 1. The summed E-state index contributed by atoms with van der Waals surface area (Å²) in [6.45, 7) is 4.60. The molecule has 3 rings (SSSR count). The molecule has 1 atom stereocenters. The smallest absolute Gasteiger partial charge is 0.328 e. The van der Waals surface area contributed by atoms with Gasteiger partial charge in [-0.15, -0.1) is 11.3 Å². The van der Waals surface area contributed by atoms with E-state index < -0.39 is 6.04 Å². The van der Waals surface area contributed by atoms with E-state index in [4.69, 9.17) is 14.2 Å². The molecule has 0 bridgehead atoms. The van der Waals surface area contributed by atoms with Gasteiger partial charge in [0.1, 0.15) is 17.5 Å². The zero-order chi connectivity index (χ0) is 22.9. The predicted octanol–water partition coefficient (Wildman–Crippen LogP) is 4.35. The Bertz CT molecular complexity index is 996. The highest BCUT2D eigenvalue weighted by molar-refractivity contribution is 7.09. The van der Waals surface area contributed by atoms with Crippen LogP contribution < -0.4 is 20.1 Å². The fourth-order valence-electron chi connectivity index (χ4n) is 2.86. The summed E-state index contributed by atoms with van der Waals surface area (Å²) < 4.78 is 15.9. The molecular formula is C22H27N5O4S. The Morgan fingerprint density at radius 2 is 1.75 bits per heavy atom. The summed E-state index contributed by atoms with van der Waals surface area (Å²) in [7, 11) is 2.96. The van der Waals surface area contributed by atoms with Crippen molar-refractivity contribution in [2.45, 2.75) is 32.9 Å². The van der Waals surface area contributed by atoms with Gasteiger partial charge in [-0.1, -0.05) is 19.9 Å². The molecule has 0 saturated heterocycles. The van der Waals surface area contributed by atoms with Crippen molar-refractivity contribution < 1.29 is 19.0 Å². The number of anilines is 2. The highest BCUT2D eigenvalue weighted by Crippen LogP contribution is 2.23. The van der Waals surface area contributed by atoms with E-state index in [1.54, 1.807) is 42.7 Å². The van der Waals surface area contributed by atoms with Crippen LogP contribution in [0, 0.1) is 5.92 Å². The zero-order valence-corrected chi connectivity index (χ0v) is 19.3. The van der Waals surface area contributed by atoms with Crippen molar-refractivity contribution in [3.05, 3.63) is 46.7 Å². The number of rotatable bonds is 11. The molecule has 2 heterocycles. The van der Waals surface area contributed by atoms with E-state index in [-0.39, 0.29) is 23.8 Å². The lowest BCUT2D eigenvalue weighted by Gasteiger charge is -2.18. The van der Waals surface area contributed by atoms with Crippen LogP contribution in [0.5, 0.6) is 17.5 Å². The highest BCUT2D eigenvalue weighted by atomic mass is 32.1. The molecule has 0 aliphatic rings. The number of esters is 1. The Balaban J connectivity index is 1.84. The maximum Gasteiger partial charge on any atom is 0.328 e. The quantitative estimate of drug-likeness (QED) is 0.406. The van der Waals surface area contributed by atoms with Gasteiger partial charge in [0.25, 0.3) is 0 Å². The molecule has 0 saturated carbocycles. The van der Waals surface area contributed by atoms with Crippen LogP contribution in [0.3, 0.4) is 0 Å². The lowest BCUT2D eigenvalue weighted by molar-refractivity contribution is -0.141. The van der Waals surface area contributed by atoms with Crippen LogP contribution in [0.4, 0.5) is 11.9 Å². The van der Waals surface area contributed by atoms with Crippen LogP contribution in [0.1, 0.15) is 25.1 Å². The van der Waals surface area contributed by atoms with Crippen LogP contribution in [-0.4, -0.2) is 41.2 Å². The molecule has 32 heavy (non-hydrogen) atoms. The van der Waals surface area contributed by atoms with Crippen molar-refractivity contribution in [1.82, 2.24) is 15.0 Å². The third-order valence-electron chi connectivity index (χ3n) is 4.38. The van der Waals surface area contributed by atoms with Crippen LogP contribution in [0.25, 0.3) is 0 Å². The average Bonchev–Trinajstić information content (AvgIpc) is 3.30. The van der Waals surface area contributed by atoms with Crippen LogP contribution in [-0.2, 0) is 16.1 Å². The molecule has 9 nitrogen and oxygen atoms in total. The van der Waals surface area contributed by atoms with Crippen molar-refractivity contribution in [3.63, 3.8) is 0 Å². The van der Waals surface area contributed by atoms with Crippen LogP contribution >= 0.6 is 11.3 Å². The molecule has 0 radical (unpaired) electrons. The second-order valence-corrected chi connectivity index (χ2v) is 8.36. The number of benzene rings is 1. The molecule has 10 heteroatoms. The Morgan fingerprint density at radius 1 is 1.03 bits per heavy atom. The summed E-state index contributed by atoms with van der Waals surface area (Å²) >= 11 is 1.63. The van der Waals surface area contributed by atoms with Crippen molar-refractivity contribution in [1.29, 1.82) is 0 Å². The fraction of sp³-hybridized carbons (Fsp3) is 0.364. The molecule has 170 valence electrons. The molecule has 0 aliphatic carbocycles. The van der Waals surface area contributed by atoms with E-state index in [1.165, 1.54) is 7.11 Å². The van der Waals surface area contributed by atoms with E-state index in [0.717, 1.165) is 4.88 Å². The average molecular weight is 458 g/mol. The number of methoxy groups -OCH3 is 2. The first kappa shape index (κ1) is 23.3. The predicted molar refractivity (Wildman–Crippen MR) is 123 cm³/mol. The number of aromatic nitrogens is 3. The Hall–Kier alpha value is -3.40. The third-order valence-corrected chi connectivity index (χ3v) is 5.26. The van der Waals surface area contributed by atoms with Gasteiger partial charge in [0.15, 0.2) is 0 Å². The van der Waals surface area contributed by atoms with Gasteiger partial charge in [0, 0.05) is 4.88 Å². The standard InChI is InChI=1S/C22H27N5O4S/c1-14(2)12-18(19(28)30-4)24-21-25-20(23-13-17-6-5-11-32-17)26-22(27-21)31-16-9-7-15(29-3)8-10-16/h5-11,14,18H,12-13H2,1-4H3,(H2,23,24,25,26,27)/t18-/m0/s1. The summed E-state index contributed by atoms with van der Waals surface area (Å²) in [6, 6.07) is 10.6. The summed E-state index contributed by atoms with van der Waals surface area (Å²) in [5, 5.41) is 8.25. The van der Waals surface area contributed by atoms with E-state index >= 15 is 0 Å². The second-order valence-electron chi connectivity index (χ2n) is 7.33. The fourth-order valence-corrected chi connectivity index (χ4v) is 3.50. The molecule has 0 fully saturated rings. The third kappa shape index (κ3) is 6.81. The van der Waals surface area contributed by atoms with Gasteiger partial charge < -0.3 is 24.8 Å². The normalized spacial score (nSPS) is 11.7. The summed E-state index contributed by atoms with van der Waals surface area (Å²) in [4.78, 5) is 26.5. The van der Waals surface area contributed by atoms with Crippen LogP contribution in [0.2, 0.25) is 0 Å². The van der Waals surface area contributed by atoms with Crippen molar-refractivity contribution in [3.8, 4) is 17.5 Å². The van der Waals surface area contributed by atoms with E-state index in [9.17, 15) is 4.79 Å². The number of ether oxygens (including phenoxy) is 3. The molecule has 2 aromatic heterocycles. The van der Waals surface area contributed by atoms with Gasteiger partial charge >= 0.3 is 12.0 Å². The lowest BCUT2D eigenvalue weighted by atomic mass is 10.0. The largest absolute Gasteiger partial charge is 0.497 e. The van der Waals surface area contributed by atoms with Crippen molar-refractivity contribution >= 4 is 29.2 Å². The molecule has 0 aliphatic heterocycles. The monoisotopic (exact) mass is 457 g/mol. The highest BCUT2D eigenvalue weighted by Gasteiger charge is 2.22. The van der Waals surface area contributed by atoms with Gasteiger partial charge in [0.2, 0.25) is 11.9 Å². The SMILES string of the molecule is COC(=O)[C@H](CC(C)C)Nc1nc(NCc2cccs2)nc(Oc2ccc(OC)cc2)n1. The molecule has 0 unspecified atom stereocenters. The van der Waals surface area contributed by atoms with Gasteiger partial charge in [0.05, 0.1) is 20.8 Å². The minimum atomic E-state index is -0.596. The number of nitrogens with zero attached hydrogens (tertiary/aromatic N) is 3. The van der Waals surface area contributed by atoms with E-state index in [0.29, 0.717) is 30.4 Å². The molecule has 0 spiro atoms. The minimum absolute atomic E-state index is 0.0921. The van der Waals surface area contributed by atoms with Gasteiger partial charge in [-0.2, -0.15) is 15.0 Å². The Morgan fingerprint density at radius 3 is 2.38 bits per heavy atom. The number of carbonyl (C=O) groups is 1. The minimum Gasteiger partial charge on any atom is -0.497 e. The Labute approximate surface area is 191 Å². The van der Waals surface area contributed by atoms with E-state index in [2.05, 4.69) is 25.6 Å². The van der Waals surface area contributed by atoms with Gasteiger partial charge in [-0.05, 0) is 48.1 Å². The molecule has 1 aromatic carbocycles. The maximum absolute atomic E-state index is 12.2. The topological polar surface area (TPSA) is 107 Å². The first-order valence-corrected chi connectivity index (χ1v) is 11.0. The maximum atomic E-state index is 12.2. The molecular weight excluding hydrogens is 430 g/mol. The Kier molecular flexibility index (Phi) is 8.20. The molecule has 2 N–H and O–H groups in total. The van der Waals surface area contributed by atoms with Crippen molar-refractivity contribution in [2.24, 2.45) is 5.92 Å². The molecule has 3 aromatic rings. The first-order valence-electron chi connectivity index (χ1n) is 10.2. The second kappa shape index (κ2) is 11.3.